The number of nitrogens with zero attached hydrogens (tertiary/aromatic N) is 1. The minimum Gasteiger partial charge on any atom is -0.481 e. The SMILES string of the molecule is CC(C)(C)c1cnc(CC(=O)O)o1. The molecular weight excluding hydrogens is 170 g/mol. The summed E-state index contributed by atoms with van der Waals surface area (Å²) in [5, 5.41) is 8.48. The average Bonchev–Trinajstić information content (AvgIpc) is 2.32. The van der Waals surface area contributed by atoms with Gasteiger partial charge >= 0.3 is 5.97 Å². The van der Waals surface area contributed by atoms with Crippen molar-refractivity contribution in [2.75, 3.05) is 0 Å². The van der Waals surface area contributed by atoms with Crippen LogP contribution in [0.3, 0.4) is 0 Å². The molecule has 0 unspecified atom stereocenters. The van der Waals surface area contributed by atoms with E-state index in [4.69, 9.17) is 9.52 Å². The number of rotatable bonds is 2. The predicted molar refractivity (Wildman–Crippen MR) is 46.5 cm³/mol. The number of aliphatic carboxylic acids is 1. The zero-order chi connectivity index (χ0) is 10.1. The molecule has 0 aliphatic heterocycles. The maximum absolute atomic E-state index is 10.3. The molecule has 13 heavy (non-hydrogen) atoms. The first-order chi connectivity index (χ1) is 5.89. The fourth-order valence-electron chi connectivity index (χ4n) is 0.868. The van der Waals surface area contributed by atoms with Gasteiger partial charge in [-0.25, -0.2) is 4.98 Å². The van der Waals surface area contributed by atoms with E-state index < -0.39 is 5.97 Å². The van der Waals surface area contributed by atoms with Crippen LogP contribution >= 0.6 is 0 Å². The number of hydrogen-bond donors (Lipinski definition) is 1. The molecule has 4 nitrogen and oxygen atoms in total. The molecule has 0 aromatic carbocycles. The summed E-state index contributed by atoms with van der Waals surface area (Å²) in [6, 6.07) is 0. The topological polar surface area (TPSA) is 63.3 Å². The molecule has 0 aliphatic rings. The van der Waals surface area contributed by atoms with E-state index in [-0.39, 0.29) is 17.7 Å². The first-order valence-corrected chi connectivity index (χ1v) is 4.06. The Morgan fingerprint density at radius 2 is 2.23 bits per heavy atom. The van der Waals surface area contributed by atoms with Gasteiger partial charge in [0.25, 0.3) is 0 Å². The Labute approximate surface area is 76.6 Å². The highest BCUT2D eigenvalue weighted by atomic mass is 16.4. The van der Waals surface area contributed by atoms with Crippen LogP contribution in [-0.2, 0) is 16.6 Å². The first kappa shape index (κ1) is 9.77. The van der Waals surface area contributed by atoms with Crippen LogP contribution in [-0.4, -0.2) is 16.1 Å². The Morgan fingerprint density at radius 1 is 1.62 bits per heavy atom. The van der Waals surface area contributed by atoms with Crippen molar-refractivity contribution in [1.82, 2.24) is 4.98 Å². The van der Waals surface area contributed by atoms with Crippen molar-refractivity contribution in [2.24, 2.45) is 0 Å². The van der Waals surface area contributed by atoms with Crippen molar-refractivity contribution in [3.05, 3.63) is 17.8 Å². The Balaban J connectivity index is 2.81. The first-order valence-electron chi connectivity index (χ1n) is 4.06. The molecular formula is C9H13NO3. The van der Waals surface area contributed by atoms with Gasteiger partial charge in [0.2, 0.25) is 5.89 Å². The number of carboxylic acids is 1. The molecule has 1 rings (SSSR count). The van der Waals surface area contributed by atoms with Crippen molar-refractivity contribution in [2.45, 2.75) is 32.6 Å². The smallest absolute Gasteiger partial charge is 0.312 e. The maximum atomic E-state index is 10.3. The van der Waals surface area contributed by atoms with Gasteiger partial charge in [-0.3, -0.25) is 4.79 Å². The second kappa shape index (κ2) is 3.20. The van der Waals surface area contributed by atoms with Gasteiger partial charge in [-0.2, -0.15) is 0 Å². The number of hydrogen-bond acceptors (Lipinski definition) is 3. The molecule has 0 atom stereocenters. The maximum Gasteiger partial charge on any atom is 0.312 e. The van der Waals surface area contributed by atoms with Crippen LogP contribution in [0.15, 0.2) is 10.6 Å². The highest BCUT2D eigenvalue weighted by Crippen LogP contribution is 2.22. The van der Waals surface area contributed by atoms with Crippen LogP contribution in [0.1, 0.15) is 32.4 Å². The summed E-state index contributed by atoms with van der Waals surface area (Å²) < 4.78 is 5.27. The highest BCUT2D eigenvalue weighted by Gasteiger charge is 2.19. The fourth-order valence-corrected chi connectivity index (χ4v) is 0.868. The van der Waals surface area contributed by atoms with E-state index >= 15 is 0 Å². The average molecular weight is 183 g/mol. The second-order valence-corrected chi connectivity index (χ2v) is 3.94. The monoisotopic (exact) mass is 183 g/mol. The lowest BCUT2D eigenvalue weighted by Gasteiger charge is -2.12. The molecule has 1 aromatic heterocycles. The summed E-state index contributed by atoms with van der Waals surface area (Å²) in [5.74, 6) is 0.0449. The molecule has 0 saturated heterocycles. The van der Waals surface area contributed by atoms with Gasteiger partial charge in [-0.05, 0) is 0 Å². The van der Waals surface area contributed by atoms with E-state index in [0.29, 0.717) is 5.76 Å². The quantitative estimate of drug-likeness (QED) is 0.756. The van der Waals surface area contributed by atoms with Crippen LogP contribution in [0, 0.1) is 0 Å². The molecule has 72 valence electrons. The Kier molecular flexibility index (Phi) is 2.40. The van der Waals surface area contributed by atoms with Gasteiger partial charge in [-0.1, -0.05) is 20.8 Å². The lowest BCUT2D eigenvalue weighted by molar-refractivity contribution is -0.136. The van der Waals surface area contributed by atoms with Gasteiger partial charge in [0.1, 0.15) is 12.2 Å². The molecule has 1 N–H and O–H groups in total. The second-order valence-electron chi connectivity index (χ2n) is 3.94. The van der Waals surface area contributed by atoms with Crippen LogP contribution in [0.2, 0.25) is 0 Å². The molecule has 0 bridgehead atoms. The Bertz CT molecular complexity index is 309. The molecule has 0 spiro atoms. The van der Waals surface area contributed by atoms with Crippen molar-refractivity contribution >= 4 is 5.97 Å². The van der Waals surface area contributed by atoms with E-state index in [1.165, 1.54) is 0 Å². The van der Waals surface area contributed by atoms with Gasteiger partial charge < -0.3 is 9.52 Å². The highest BCUT2D eigenvalue weighted by molar-refractivity contribution is 5.68. The summed E-state index contributed by atoms with van der Waals surface area (Å²) >= 11 is 0. The molecule has 0 radical (unpaired) electrons. The largest absolute Gasteiger partial charge is 0.481 e. The van der Waals surface area contributed by atoms with Crippen molar-refractivity contribution in [3.8, 4) is 0 Å². The van der Waals surface area contributed by atoms with Crippen LogP contribution < -0.4 is 0 Å². The molecule has 1 aromatic rings. The molecule has 0 saturated carbocycles. The summed E-state index contributed by atoms with van der Waals surface area (Å²) in [6.07, 6.45) is 1.42. The Morgan fingerprint density at radius 3 is 2.62 bits per heavy atom. The van der Waals surface area contributed by atoms with E-state index in [0.717, 1.165) is 0 Å². The summed E-state index contributed by atoms with van der Waals surface area (Å²) in [4.78, 5) is 14.2. The molecule has 1 heterocycles. The lowest BCUT2D eigenvalue weighted by Crippen LogP contribution is -2.09. The standard InChI is InChI=1S/C9H13NO3/c1-9(2,3)6-5-10-7(13-6)4-8(11)12/h5H,4H2,1-3H3,(H,11,12). The molecule has 4 heteroatoms. The summed E-state index contributed by atoms with van der Waals surface area (Å²) in [6.45, 7) is 5.95. The third-order valence-corrected chi connectivity index (χ3v) is 1.60. The zero-order valence-corrected chi connectivity index (χ0v) is 8.00. The van der Waals surface area contributed by atoms with Crippen LogP contribution in [0.5, 0.6) is 0 Å². The van der Waals surface area contributed by atoms with E-state index in [2.05, 4.69) is 4.98 Å². The Hall–Kier alpha value is -1.32. The van der Waals surface area contributed by atoms with Gasteiger partial charge in [0.05, 0.1) is 6.20 Å². The van der Waals surface area contributed by atoms with Gasteiger partial charge in [-0.15, -0.1) is 0 Å². The van der Waals surface area contributed by atoms with E-state index in [1.54, 1.807) is 6.20 Å². The molecule has 0 amide bonds. The van der Waals surface area contributed by atoms with Crippen LogP contribution in [0.25, 0.3) is 0 Å². The number of aromatic nitrogens is 1. The predicted octanol–water partition coefficient (Wildman–Crippen LogP) is 1.60. The van der Waals surface area contributed by atoms with Crippen molar-refractivity contribution < 1.29 is 14.3 Å². The number of oxazole rings is 1. The third-order valence-electron chi connectivity index (χ3n) is 1.60. The van der Waals surface area contributed by atoms with Crippen molar-refractivity contribution in [1.29, 1.82) is 0 Å². The minimum atomic E-state index is -0.928. The number of carbonyl (C=O) groups is 1. The van der Waals surface area contributed by atoms with E-state index in [1.807, 2.05) is 20.8 Å². The normalized spacial score (nSPS) is 11.6. The molecule has 0 fully saturated rings. The number of carboxylic acid groups (broad SMARTS) is 1. The fraction of sp³-hybridized carbons (Fsp3) is 0.556. The summed E-state index contributed by atoms with van der Waals surface area (Å²) in [5.41, 5.74) is -0.121. The molecule has 0 aliphatic carbocycles. The van der Waals surface area contributed by atoms with E-state index in [9.17, 15) is 4.79 Å². The lowest BCUT2D eigenvalue weighted by atomic mass is 9.94. The van der Waals surface area contributed by atoms with Crippen molar-refractivity contribution in [3.63, 3.8) is 0 Å². The minimum absolute atomic E-state index is 0.121. The zero-order valence-electron chi connectivity index (χ0n) is 8.00. The van der Waals surface area contributed by atoms with Gasteiger partial charge in [0, 0.05) is 5.41 Å². The third kappa shape index (κ3) is 2.57. The summed E-state index contributed by atoms with van der Waals surface area (Å²) in [7, 11) is 0. The van der Waals surface area contributed by atoms with Crippen LogP contribution in [0.4, 0.5) is 0 Å². The van der Waals surface area contributed by atoms with Gasteiger partial charge in [0.15, 0.2) is 0 Å².